The standard InChI is InChI=1S/C12H26N2O/c1-6-7-14(10(4)5)12(15)11(13)8-9(2)3/h9-11H,6-8,13H2,1-5H3/t11-/m0/s1. The van der Waals surface area contributed by atoms with Gasteiger partial charge in [0.1, 0.15) is 0 Å². The van der Waals surface area contributed by atoms with Crippen LogP contribution in [0.1, 0.15) is 47.5 Å². The van der Waals surface area contributed by atoms with Crippen molar-refractivity contribution in [2.75, 3.05) is 6.54 Å². The summed E-state index contributed by atoms with van der Waals surface area (Å²) in [5, 5.41) is 0. The van der Waals surface area contributed by atoms with Gasteiger partial charge in [0.15, 0.2) is 0 Å². The lowest BCUT2D eigenvalue weighted by atomic mass is 10.0. The summed E-state index contributed by atoms with van der Waals surface area (Å²) >= 11 is 0. The highest BCUT2D eigenvalue weighted by molar-refractivity contribution is 5.81. The van der Waals surface area contributed by atoms with Gasteiger partial charge in [-0.15, -0.1) is 0 Å². The topological polar surface area (TPSA) is 46.3 Å². The first kappa shape index (κ1) is 14.4. The second kappa shape index (κ2) is 6.83. The SMILES string of the molecule is CCCN(C(=O)[C@@H](N)CC(C)C)C(C)C. The molecular formula is C12H26N2O. The first-order chi connectivity index (χ1) is 6.90. The Morgan fingerprint density at radius 3 is 2.13 bits per heavy atom. The second-order valence-electron chi connectivity index (χ2n) is 4.86. The molecule has 15 heavy (non-hydrogen) atoms. The highest BCUT2D eigenvalue weighted by Crippen LogP contribution is 2.08. The smallest absolute Gasteiger partial charge is 0.239 e. The quantitative estimate of drug-likeness (QED) is 0.735. The third-order valence-electron chi connectivity index (χ3n) is 2.41. The van der Waals surface area contributed by atoms with Crippen molar-refractivity contribution in [2.45, 2.75) is 59.5 Å². The minimum atomic E-state index is -0.334. The Hall–Kier alpha value is -0.570. The van der Waals surface area contributed by atoms with Crippen molar-refractivity contribution in [1.29, 1.82) is 0 Å². The Balaban J connectivity index is 4.35. The number of hydrogen-bond acceptors (Lipinski definition) is 2. The molecule has 0 aromatic rings. The van der Waals surface area contributed by atoms with Crippen LogP contribution in [-0.2, 0) is 4.79 Å². The van der Waals surface area contributed by atoms with Crippen LogP contribution in [0.15, 0.2) is 0 Å². The Morgan fingerprint density at radius 2 is 1.80 bits per heavy atom. The molecule has 0 spiro atoms. The van der Waals surface area contributed by atoms with E-state index < -0.39 is 0 Å². The Morgan fingerprint density at radius 1 is 1.27 bits per heavy atom. The molecule has 0 aliphatic heterocycles. The molecule has 90 valence electrons. The molecule has 0 heterocycles. The van der Waals surface area contributed by atoms with Crippen LogP contribution in [0, 0.1) is 5.92 Å². The molecule has 0 fully saturated rings. The fourth-order valence-electron chi connectivity index (χ4n) is 1.69. The number of amides is 1. The molecule has 0 aromatic heterocycles. The molecule has 3 heteroatoms. The van der Waals surface area contributed by atoms with Gasteiger partial charge in [-0.25, -0.2) is 0 Å². The van der Waals surface area contributed by atoms with E-state index >= 15 is 0 Å². The van der Waals surface area contributed by atoms with Gasteiger partial charge in [-0.3, -0.25) is 4.79 Å². The van der Waals surface area contributed by atoms with Crippen molar-refractivity contribution >= 4 is 5.91 Å². The van der Waals surface area contributed by atoms with Crippen LogP contribution in [-0.4, -0.2) is 29.4 Å². The van der Waals surface area contributed by atoms with E-state index in [1.807, 2.05) is 18.7 Å². The van der Waals surface area contributed by atoms with E-state index in [2.05, 4.69) is 20.8 Å². The number of carbonyl (C=O) groups is 1. The summed E-state index contributed by atoms with van der Waals surface area (Å²) in [7, 11) is 0. The Kier molecular flexibility index (Phi) is 6.57. The van der Waals surface area contributed by atoms with Gasteiger partial charge in [0.2, 0.25) is 5.91 Å². The normalized spacial score (nSPS) is 13.3. The van der Waals surface area contributed by atoms with Gasteiger partial charge in [0.05, 0.1) is 6.04 Å². The van der Waals surface area contributed by atoms with E-state index in [1.165, 1.54) is 0 Å². The average molecular weight is 214 g/mol. The number of carbonyl (C=O) groups excluding carboxylic acids is 1. The Labute approximate surface area is 94.0 Å². The van der Waals surface area contributed by atoms with Crippen LogP contribution in [0.5, 0.6) is 0 Å². The van der Waals surface area contributed by atoms with E-state index in [1.54, 1.807) is 0 Å². The molecule has 1 amide bonds. The molecular weight excluding hydrogens is 188 g/mol. The van der Waals surface area contributed by atoms with Gasteiger partial charge in [0.25, 0.3) is 0 Å². The van der Waals surface area contributed by atoms with Crippen molar-refractivity contribution in [3.05, 3.63) is 0 Å². The monoisotopic (exact) mass is 214 g/mol. The molecule has 0 saturated carbocycles. The minimum Gasteiger partial charge on any atom is -0.339 e. The van der Waals surface area contributed by atoms with Crippen molar-refractivity contribution in [1.82, 2.24) is 4.90 Å². The summed E-state index contributed by atoms with van der Waals surface area (Å²) in [6.45, 7) is 11.1. The molecule has 0 aliphatic rings. The largest absolute Gasteiger partial charge is 0.339 e. The van der Waals surface area contributed by atoms with Crippen molar-refractivity contribution in [3.63, 3.8) is 0 Å². The lowest BCUT2D eigenvalue weighted by Crippen LogP contribution is -2.47. The summed E-state index contributed by atoms with van der Waals surface area (Å²) in [6.07, 6.45) is 1.75. The van der Waals surface area contributed by atoms with E-state index in [0.29, 0.717) is 5.92 Å². The predicted molar refractivity (Wildman–Crippen MR) is 64.6 cm³/mol. The molecule has 2 N–H and O–H groups in total. The van der Waals surface area contributed by atoms with Gasteiger partial charge < -0.3 is 10.6 Å². The zero-order chi connectivity index (χ0) is 12.0. The fourth-order valence-corrected chi connectivity index (χ4v) is 1.69. The van der Waals surface area contributed by atoms with Crippen molar-refractivity contribution < 1.29 is 4.79 Å². The summed E-state index contributed by atoms with van der Waals surface area (Å²) in [5.41, 5.74) is 5.90. The summed E-state index contributed by atoms with van der Waals surface area (Å²) in [5.74, 6) is 0.570. The zero-order valence-electron chi connectivity index (χ0n) is 10.8. The van der Waals surface area contributed by atoms with Crippen LogP contribution < -0.4 is 5.73 Å². The van der Waals surface area contributed by atoms with Gasteiger partial charge >= 0.3 is 0 Å². The molecule has 1 atom stereocenters. The summed E-state index contributed by atoms with van der Waals surface area (Å²) < 4.78 is 0. The van der Waals surface area contributed by atoms with E-state index in [-0.39, 0.29) is 18.0 Å². The molecule has 0 radical (unpaired) electrons. The van der Waals surface area contributed by atoms with Crippen molar-refractivity contribution in [2.24, 2.45) is 11.7 Å². The lowest BCUT2D eigenvalue weighted by Gasteiger charge is -2.29. The molecule has 0 saturated heterocycles. The summed E-state index contributed by atoms with van der Waals surface area (Å²) in [6, 6.07) is -0.0883. The van der Waals surface area contributed by atoms with E-state index in [9.17, 15) is 4.79 Å². The third-order valence-corrected chi connectivity index (χ3v) is 2.41. The predicted octanol–water partition coefficient (Wildman–Crippen LogP) is 2.01. The molecule has 0 aliphatic carbocycles. The number of hydrogen-bond donors (Lipinski definition) is 1. The van der Waals surface area contributed by atoms with Crippen LogP contribution in [0.3, 0.4) is 0 Å². The summed E-state index contributed by atoms with van der Waals surface area (Å²) in [4.78, 5) is 13.9. The first-order valence-electron chi connectivity index (χ1n) is 5.96. The lowest BCUT2D eigenvalue weighted by molar-refractivity contribution is -0.134. The van der Waals surface area contributed by atoms with Gasteiger partial charge in [0, 0.05) is 12.6 Å². The van der Waals surface area contributed by atoms with E-state index in [4.69, 9.17) is 5.73 Å². The van der Waals surface area contributed by atoms with Gasteiger partial charge in [-0.1, -0.05) is 20.8 Å². The third kappa shape index (κ3) is 5.17. The maximum absolute atomic E-state index is 12.0. The maximum Gasteiger partial charge on any atom is 0.239 e. The minimum absolute atomic E-state index is 0.0977. The highest BCUT2D eigenvalue weighted by atomic mass is 16.2. The van der Waals surface area contributed by atoms with Crippen molar-refractivity contribution in [3.8, 4) is 0 Å². The highest BCUT2D eigenvalue weighted by Gasteiger charge is 2.22. The number of nitrogens with two attached hydrogens (primary N) is 1. The Bertz CT molecular complexity index is 190. The first-order valence-corrected chi connectivity index (χ1v) is 5.96. The molecule has 3 nitrogen and oxygen atoms in total. The maximum atomic E-state index is 12.0. The molecule has 0 unspecified atom stereocenters. The zero-order valence-corrected chi connectivity index (χ0v) is 10.8. The van der Waals surface area contributed by atoms with Crippen LogP contribution in [0.25, 0.3) is 0 Å². The number of nitrogens with zero attached hydrogens (tertiary/aromatic N) is 1. The van der Waals surface area contributed by atoms with Crippen LogP contribution >= 0.6 is 0 Å². The average Bonchev–Trinajstić information content (AvgIpc) is 2.11. The fraction of sp³-hybridized carbons (Fsp3) is 0.917. The van der Waals surface area contributed by atoms with Gasteiger partial charge in [-0.2, -0.15) is 0 Å². The van der Waals surface area contributed by atoms with E-state index in [0.717, 1.165) is 19.4 Å². The van der Waals surface area contributed by atoms with Gasteiger partial charge in [-0.05, 0) is 32.6 Å². The second-order valence-corrected chi connectivity index (χ2v) is 4.86. The molecule has 0 bridgehead atoms. The van der Waals surface area contributed by atoms with Crippen LogP contribution in [0.4, 0.5) is 0 Å². The molecule has 0 aromatic carbocycles. The van der Waals surface area contributed by atoms with Crippen LogP contribution in [0.2, 0.25) is 0 Å². The number of rotatable bonds is 6. The molecule has 0 rings (SSSR count).